The van der Waals surface area contributed by atoms with Gasteiger partial charge >= 0.3 is 0 Å². The van der Waals surface area contributed by atoms with Crippen LogP contribution in [0.1, 0.15) is 90.4 Å². The molecule has 9 unspecified atom stereocenters. The molecule has 0 bridgehead atoms. The van der Waals surface area contributed by atoms with E-state index in [1.807, 2.05) is 6.92 Å². The maximum absolute atomic E-state index is 11.9. The van der Waals surface area contributed by atoms with Crippen LogP contribution in [0.3, 0.4) is 0 Å². The summed E-state index contributed by atoms with van der Waals surface area (Å²) >= 11 is 0. The lowest BCUT2D eigenvalue weighted by Gasteiger charge is -2.48. The molecule has 2 heterocycles. The molecule has 4 fully saturated rings. The Bertz CT molecular complexity index is 984. The lowest BCUT2D eigenvalue weighted by Crippen LogP contribution is -2.94. The van der Waals surface area contributed by atoms with Gasteiger partial charge in [-0.2, -0.15) is 0 Å². The second-order valence-corrected chi connectivity index (χ2v) is 15.7. The molecule has 0 spiro atoms. The second kappa shape index (κ2) is 21.0. The second-order valence-electron chi connectivity index (χ2n) is 15.7. The highest BCUT2D eigenvalue weighted by atomic mass is 16.6. The number of likely N-dealkylation sites (N-methyl/N-ethyl adjacent to an activating group) is 1. The minimum absolute atomic E-state index is 0.0254. The monoisotopic (exact) mass is 718 g/mol. The molecule has 292 valence electrons. The van der Waals surface area contributed by atoms with E-state index in [0.29, 0.717) is 50.4 Å². The zero-order valence-electron chi connectivity index (χ0n) is 30.3. The van der Waals surface area contributed by atoms with Gasteiger partial charge in [-0.1, -0.05) is 0 Å². The third kappa shape index (κ3) is 12.0. The number of aliphatic hydroxyl groups is 5. The molecule has 0 radical (unpaired) electrons. The molecule has 2 aliphatic heterocycles. The largest absolute Gasteiger partial charge is 0.550 e. The number of rotatable bonds is 19. The molecule has 0 aromatic rings. The number of ether oxygens (including phenoxy) is 4. The van der Waals surface area contributed by atoms with Crippen LogP contribution in [0, 0.1) is 29.6 Å². The summed E-state index contributed by atoms with van der Waals surface area (Å²) in [6, 6.07) is -0.142. The first-order valence-electron chi connectivity index (χ1n) is 19.4. The fraction of sp³-hybridized carbons (Fsp3) is 0.972. The number of aliphatic carboxylic acids is 1. The Labute approximate surface area is 297 Å². The molecule has 50 heavy (non-hydrogen) atoms. The fourth-order valence-corrected chi connectivity index (χ4v) is 9.58. The van der Waals surface area contributed by atoms with E-state index in [9.17, 15) is 35.4 Å². The van der Waals surface area contributed by atoms with Crippen molar-refractivity contribution in [2.45, 2.75) is 151 Å². The smallest absolute Gasteiger partial charge is 0.144 e. The first kappa shape index (κ1) is 41.7. The van der Waals surface area contributed by atoms with Crippen molar-refractivity contribution in [1.29, 1.82) is 0 Å². The van der Waals surface area contributed by atoms with Gasteiger partial charge in [0.1, 0.15) is 25.1 Å². The van der Waals surface area contributed by atoms with E-state index in [1.54, 1.807) is 7.11 Å². The molecule has 4 aliphatic rings. The quantitative estimate of drug-likeness (QED) is 0.0638. The van der Waals surface area contributed by atoms with E-state index < -0.39 is 43.3 Å². The predicted octanol–water partition coefficient (Wildman–Crippen LogP) is -2.69. The topological polar surface area (TPSA) is 237 Å². The number of aliphatic hydroxyl groups excluding tert-OH is 5. The van der Waals surface area contributed by atoms with E-state index in [4.69, 9.17) is 24.7 Å². The third-order valence-electron chi connectivity index (χ3n) is 12.2. The van der Waals surface area contributed by atoms with Gasteiger partial charge in [0.15, 0.2) is 0 Å². The highest BCUT2D eigenvalue weighted by Crippen LogP contribution is 2.42. The maximum Gasteiger partial charge on any atom is 0.144 e. The van der Waals surface area contributed by atoms with Crippen LogP contribution in [-0.4, -0.2) is 133 Å². The van der Waals surface area contributed by atoms with Crippen molar-refractivity contribution < 1.29 is 65.0 Å². The SMILES string of the molecule is CC[NH2+][C@H](COC1CC([C@@H]2O[C@@H](CCC3CCC(O)C(OCO)C3)C[C@H](O)[C@@H]2CCO)CC(OC)C1O)[C@H](CC(=O)[O-])CC1CC[NH2+]C(N)C1. The first-order valence-corrected chi connectivity index (χ1v) is 19.4. The molecule has 0 aromatic carbocycles. The summed E-state index contributed by atoms with van der Waals surface area (Å²) in [5.74, 6) is -0.996. The van der Waals surface area contributed by atoms with Crippen LogP contribution in [0.4, 0.5) is 0 Å². The summed E-state index contributed by atoms with van der Waals surface area (Å²) in [5, 5.41) is 68.3. The Hall–Kier alpha value is -1.01. The number of quaternary nitrogens is 2. The Kier molecular flexibility index (Phi) is 17.6. The summed E-state index contributed by atoms with van der Waals surface area (Å²) in [6.45, 7) is 3.47. The van der Waals surface area contributed by atoms with Gasteiger partial charge in [0.05, 0.1) is 62.4 Å². The predicted molar refractivity (Wildman–Crippen MR) is 180 cm³/mol. The van der Waals surface area contributed by atoms with Crippen molar-refractivity contribution in [3.05, 3.63) is 0 Å². The third-order valence-corrected chi connectivity index (χ3v) is 12.2. The van der Waals surface area contributed by atoms with Crippen molar-refractivity contribution in [1.82, 2.24) is 0 Å². The summed E-state index contributed by atoms with van der Waals surface area (Å²) in [7, 11) is 1.57. The lowest BCUT2D eigenvalue weighted by molar-refractivity contribution is -0.701. The number of carboxylic acid groups (broad SMARTS) is 1. The minimum Gasteiger partial charge on any atom is -0.550 e. The number of hydrogen-bond acceptors (Lipinski definition) is 12. The number of nitrogens with two attached hydrogens (primary N) is 3. The number of methoxy groups -OCH3 is 1. The standard InChI is InChI=1S/C36H67N3O11/c1-3-38-27(23(17-34(44)45)12-22-8-10-39-33(37)14-22)19-48-32-16-24(15-31(47-2)35(32)46)36-26(9-11-40)29(43)18-25(50-36)6-4-21-5-7-28(42)30(13-21)49-20-41/h21-33,35-36,38-43,46H,3-20,37H2,1-2H3,(H,44,45)/p+1/t21?,22?,23-,24?,25-,26-,27+,28?,29-,30?,31?,32?,33?,35?,36-/m0/s1. The molecule has 4 rings (SSSR count). The average Bonchev–Trinajstić information content (AvgIpc) is 3.08. The number of hydrogen-bond donors (Lipinski definition) is 8. The number of carbonyl (C=O) groups is 1. The molecule has 11 N–H and O–H groups in total. The van der Waals surface area contributed by atoms with Crippen molar-refractivity contribution >= 4 is 5.97 Å². The van der Waals surface area contributed by atoms with Crippen LogP contribution < -0.4 is 21.5 Å². The van der Waals surface area contributed by atoms with Crippen LogP contribution in [0.15, 0.2) is 0 Å². The molecular weight excluding hydrogens is 650 g/mol. The maximum atomic E-state index is 11.9. The Morgan fingerprint density at radius 1 is 0.960 bits per heavy atom. The summed E-state index contributed by atoms with van der Waals surface area (Å²) in [5.41, 5.74) is 6.21. The highest BCUT2D eigenvalue weighted by molar-refractivity contribution is 5.64. The van der Waals surface area contributed by atoms with Crippen molar-refractivity contribution in [3.8, 4) is 0 Å². The zero-order chi connectivity index (χ0) is 36.2. The van der Waals surface area contributed by atoms with E-state index in [-0.39, 0.29) is 67.9 Å². The van der Waals surface area contributed by atoms with Crippen molar-refractivity contribution in [2.75, 3.05) is 40.2 Å². The molecule has 2 aliphatic carbocycles. The van der Waals surface area contributed by atoms with Gasteiger partial charge in [-0.25, -0.2) is 0 Å². The summed E-state index contributed by atoms with van der Waals surface area (Å²) < 4.78 is 24.4. The number of piperidine rings is 1. The van der Waals surface area contributed by atoms with Gasteiger partial charge in [-0.3, -0.25) is 5.73 Å². The molecular formula is C36H68N3O11+. The van der Waals surface area contributed by atoms with Gasteiger partial charge in [0.2, 0.25) is 0 Å². The Morgan fingerprint density at radius 3 is 2.42 bits per heavy atom. The fourth-order valence-electron chi connectivity index (χ4n) is 9.58. The molecule has 0 aromatic heterocycles. The molecule has 2 saturated heterocycles. The summed E-state index contributed by atoms with van der Waals surface area (Å²) in [4.78, 5) is 11.9. The van der Waals surface area contributed by atoms with E-state index in [2.05, 4.69) is 10.6 Å². The summed E-state index contributed by atoms with van der Waals surface area (Å²) in [6.07, 6.45) is 3.91. The van der Waals surface area contributed by atoms with Crippen LogP contribution in [0.2, 0.25) is 0 Å². The molecule has 0 amide bonds. The number of carbonyl (C=O) groups excluding carboxylic acids is 1. The molecule has 14 nitrogen and oxygen atoms in total. The van der Waals surface area contributed by atoms with Crippen molar-refractivity contribution in [3.63, 3.8) is 0 Å². The normalized spacial score (nSPS) is 39.6. The Balaban J connectivity index is 1.43. The van der Waals surface area contributed by atoms with Crippen LogP contribution in [-0.2, 0) is 23.7 Å². The lowest BCUT2D eigenvalue weighted by atomic mass is 9.72. The average molecular weight is 719 g/mol. The zero-order valence-corrected chi connectivity index (χ0v) is 30.3. The van der Waals surface area contributed by atoms with Gasteiger partial charge in [0, 0.05) is 37.9 Å². The molecule has 15 atom stereocenters. The Morgan fingerprint density at radius 2 is 1.74 bits per heavy atom. The van der Waals surface area contributed by atoms with Gasteiger partial charge in [-0.05, 0) is 102 Å². The van der Waals surface area contributed by atoms with E-state index in [1.165, 1.54) is 0 Å². The van der Waals surface area contributed by atoms with Gasteiger partial charge in [-0.15, -0.1) is 0 Å². The van der Waals surface area contributed by atoms with Crippen molar-refractivity contribution in [2.24, 2.45) is 35.3 Å². The minimum atomic E-state index is -1.08. The highest BCUT2D eigenvalue weighted by Gasteiger charge is 2.48. The van der Waals surface area contributed by atoms with E-state index in [0.717, 1.165) is 51.6 Å². The molecule has 14 heteroatoms. The first-order chi connectivity index (χ1) is 24.1. The van der Waals surface area contributed by atoms with Crippen LogP contribution in [0.25, 0.3) is 0 Å². The van der Waals surface area contributed by atoms with Gasteiger partial charge in [0.25, 0.3) is 0 Å². The van der Waals surface area contributed by atoms with Gasteiger partial charge < -0.3 is 65.0 Å². The van der Waals surface area contributed by atoms with Crippen LogP contribution >= 0.6 is 0 Å². The molecule has 2 saturated carbocycles. The van der Waals surface area contributed by atoms with Crippen LogP contribution in [0.5, 0.6) is 0 Å². The van der Waals surface area contributed by atoms with E-state index >= 15 is 0 Å². The number of carboxylic acids is 1.